The molecule has 4 nitrogen and oxygen atoms in total. The molecule has 2 aromatic rings. The van der Waals surface area contributed by atoms with Crippen LogP contribution in [0.4, 0.5) is 0 Å². The number of thiazole rings is 1. The number of carbonyl (C=O) groups is 1. The number of ether oxygens (including phenoxy) is 1. The van der Waals surface area contributed by atoms with Gasteiger partial charge in [-0.2, -0.15) is 0 Å². The van der Waals surface area contributed by atoms with Crippen LogP contribution in [-0.2, 0) is 9.53 Å². The van der Waals surface area contributed by atoms with Gasteiger partial charge < -0.3 is 9.64 Å². The van der Waals surface area contributed by atoms with Gasteiger partial charge in [-0.1, -0.05) is 11.6 Å². The van der Waals surface area contributed by atoms with Gasteiger partial charge in [-0.25, -0.2) is 4.98 Å². The average molecular weight is 367 g/mol. The maximum Gasteiger partial charge on any atom is 0.224 e. The minimum atomic E-state index is 0.177. The van der Waals surface area contributed by atoms with E-state index in [1.165, 1.54) is 9.71 Å². The minimum Gasteiger partial charge on any atom is -0.378 e. The van der Waals surface area contributed by atoms with Gasteiger partial charge in [-0.05, 0) is 44.9 Å². The molecule has 1 aliphatic heterocycles. The summed E-state index contributed by atoms with van der Waals surface area (Å²) >= 11 is 7.79. The number of benzene rings is 1. The second kappa shape index (κ2) is 7.81. The summed E-state index contributed by atoms with van der Waals surface area (Å²) in [6.07, 6.45) is 2.60. The van der Waals surface area contributed by atoms with Crippen LogP contribution in [0.5, 0.6) is 0 Å². The highest BCUT2D eigenvalue weighted by molar-refractivity contribution is 7.18. The lowest BCUT2D eigenvalue weighted by Gasteiger charge is -2.31. The molecule has 1 aromatic carbocycles. The quantitative estimate of drug-likeness (QED) is 0.783. The van der Waals surface area contributed by atoms with Crippen molar-refractivity contribution >= 4 is 39.1 Å². The first-order valence-corrected chi connectivity index (χ1v) is 9.67. The minimum absolute atomic E-state index is 0.177. The van der Waals surface area contributed by atoms with Gasteiger partial charge in [0, 0.05) is 24.0 Å². The molecule has 0 saturated carbocycles. The molecule has 0 aliphatic carbocycles. The summed E-state index contributed by atoms with van der Waals surface area (Å²) in [4.78, 5) is 18.9. The number of carbonyl (C=O) groups excluding carboxylic acids is 1. The van der Waals surface area contributed by atoms with Gasteiger partial charge in [0.1, 0.15) is 0 Å². The predicted octanol–water partition coefficient (Wildman–Crippen LogP) is 4.47. The Hall–Kier alpha value is -1.17. The van der Waals surface area contributed by atoms with Crippen molar-refractivity contribution < 1.29 is 9.53 Å². The molecule has 1 saturated heterocycles. The molecule has 1 aliphatic rings. The van der Waals surface area contributed by atoms with E-state index < -0.39 is 0 Å². The summed E-state index contributed by atoms with van der Waals surface area (Å²) in [7, 11) is 0. The van der Waals surface area contributed by atoms with Crippen LogP contribution in [0.3, 0.4) is 0 Å². The zero-order valence-corrected chi connectivity index (χ0v) is 15.7. The first kappa shape index (κ1) is 17.6. The van der Waals surface area contributed by atoms with E-state index >= 15 is 0 Å². The topological polar surface area (TPSA) is 42.4 Å². The van der Waals surface area contributed by atoms with Crippen LogP contribution in [0.2, 0.25) is 5.02 Å². The highest BCUT2D eigenvalue weighted by Gasteiger charge is 2.25. The van der Waals surface area contributed by atoms with Crippen LogP contribution < -0.4 is 0 Å². The molecule has 1 amide bonds. The molecule has 0 N–H and O–H groups in total. The maximum atomic E-state index is 12.2. The lowest BCUT2D eigenvalue weighted by molar-refractivity contribution is -0.133. The second-order valence-electron chi connectivity index (χ2n) is 6.49. The number of hydrogen-bond donors (Lipinski definition) is 0. The van der Waals surface area contributed by atoms with Crippen LogP contribution in [0.15, 0.2) is 18.2 Å². The number of halogens is 1. The van der Waals surface area contributed by atoms with Gasteiger partial charge >= 0.3 is 0 Å². The molecule has 24 heavy (non-hydrogen) atoms. The van der Waals surface area contributed by atoms with Gasteiger partial charge in [0.2, 0.25) is 5.91 Å². The molecule has 0 unspecified atom stereocenters. The van der Waals surface area contributed by atoms with Crippen LogP contribution >= 0.6 is 22.9 Å². The van der Waals surface area contributed by atoms with Crippen LogP contribution in [0, 0.1) is 0 Å². The monoisotopic (exact) mass is 366 g/mol. The Bertz CT molecular complexity index is 708. The first-order valence-electron chi connectivity index (χ1n) is 8.48. The fourth-order valence-corrected chi connectivity index (χ4v) is 4.29. The van der Waals surface area contributed by atoms with E-state index in [0.717, 1.165) is 36.5 Å². The van der Waals surface area contributed by atoms with E-state index in [0.29, 0.717) is 18.9 Å². The van der Waals surface area contributed by atoms with Crippen molar-refractivity contribution in [3.8, 4) is 0 Å². The van der Waals surface area contributed by atoms with Crippen molar-refractivity contribution in [2.45, 2.75) is 45.1 Å². The zero-order chi connectivity index (χ0) is 17.1. The van der Waals surface area contributed by atoms with Gasteiger partial charge in [-0.15, -0.1) is 11.3 Å². The third-order valence-electron chi connectivity index (χ3n) is 4.33. The summed E-state index contributed by atoms with van der Waals surface area (Å²) in [6, 6.07) is 5.86. The van der Waals surface area contributed by atoms with Crippen LogP contribution in [-0.4, -0.2) is 41.6 Å². The van der Waals surface area contributed by atoms with Gasteiger partial charge in [0.25, 0.3) is 0 Å². The van der Waals surface area contributed by atoms with Gasteiger partial charge in [0.05, 0.1) is 34.4 Å². The lowest BCUT2D eigenvalue weighted by Crippen LogP contribution is -2.38. The Labute approximate surface area is 151 Å². The molecule has 1 fully saturated rings. The molecule has 3 rings (SSSR count). The Kier molecular flexibility index (Phi) is 5.74. The SMILES string of the molecule is CC(C)OCCC(=O)N1CCC(c2nc3cc(Cl)ccc3s2)CC1. The first-order chi connectivity index (χ1) is 11.5. The van der Waals surface area contributed by atoms with Crippen molar-refractivity contribution in [2.75, 3.05) is 19.7 Å². The number of nitrogens with zero attached hydrogens (tertiary/aromatic N) is 2. The Morgan fingerprint density at radius 2 is 2.17 bits per heavy atom. The smallest absolute Gasteiger partial charge is 0.224 e. The molecular formula is C18H23ClN2O2S. The number of piperidine rings is 1. The number of hydrogen-bond acceptors (Lipinski definition) is 4. The summed E-state index contributed by atoms with van der Waals surface area (Å²) in [6.45, 7) is 6.10. The van der Waals surface area contributed by atoms with E-state index in [9.17, 15) is 4.79 Å². The van der Waals surface area contributed by atoms with Crippen LogP contribution in [0.1, 0.15) is 44.0 Å². The Morgan fingerprint density at radius 3 is 2.88 bits per heavy atom. The molecule has 0 bridgehead atoms. The third-order valence-corrected chi connectivity index (χ3v) is 5.76. The fraction of sp³-hybridized carbons (Fsp3) is 0.556. The largest absolute Gasteiger partial charge is 0.378 e. The van der Waals surface area contributed by atoms with Crippen LogP contribution in [0.25, 0.3) is 10.2 Å². The predicted molar refractivity (Wildman–Crippen MR) is 98.9 cm³/mol. The van der Waals surface area contributed by atoms with Gasteiger partial charge in [0.15, 0.2) is 0 Å². The van der Waals surface area contributed by atoms with Crippen molar-refractivity contribution in [2.24, 2.45) is 0 Å². The normalized spacial score (nSPS) is 16.2. The second-order valence-corrected chi connectivity index (χ2v) is 7.99. The molecule has 0 radical (unpaired) electrons. The molecule has 6 heteroatoms. The summed E-state index contributed by atoms with van der Waals surface area (Å²) in [5, 5.41) is 1.89. The molecule has 2 heterocycles. The van der Waals surface area contributed by atoms with E-state index in [2.05, 4.69) is 0 Å². The number of amides is 1. The van der Waals surface area contributed by atoms with Crippen molar-refractivity contribution in [1.29, 1.82) is 0 Å². The highest BCUT2D eigenvalue weighted by atomic mass is 35.5. The number of fused-ring (bicyclic) bond motifs is 1. The van der Waals surface area contributed by atoms with E-state index in [1.54, 1.807) is 11.3 Å². The number of aromatic nitrogens is 1. The van der Waals surface area contributed by atoms with E-state index in [1.807, 2.05) is 36.9 Å². The summed E-state index contributed by atoms with van der Waals surface area (Å²) in [5.41, 5.74) is 0.979. The zero-order valence-electron chi connectivity index (χ0n) is 14.1. The van der Waals surface area contributed by atoms with E-state index in [-0.39, 0.29) is 12.0 Å². The highest BCUT2D eigenvalue weighted by Crippen LogP contribution is 2.34. The lowest BCUT2D eigenvalue weighted by atomic mass is 9.97. The van der Waals surface area contributed by atoms with Crippen molar-refractivity contribution in [3.63, 3.8) is 0 Å². The Balaban J connectivity index is 1.55. The number of likely N-dealkylation sites (tertiary alicyclic amines) is 1. The van der Waals surface area contributed by atoms with Gasteiger partial charge in [-0.3, -0.25) is 4.79 Å². The molecule has 1 aromatic heterocycles. The molecule has 130 valence electrons. The standard InChI is InChI=1S/C18H23ClN2O2S/c1-12(2)23-10-7-17(22)21-8-5-13(6-9-21)18-20-15-11-14(19)3-4-16(15)24-18/h3-4,11-13H,5-10H2,1-2H3. The molecule has 0 atom stereocenters. The molecular weight excluding hydrogens is 344 g/mol. The van der Waals surface area contributed by atoms with E-state index in [4.69, 9.17) is 21.3 Å². The Morgan fingerprint density at radius 1 is 1.42 bits per heavy atom. The summed E-state index contributed by atoms with van der Waals surface area (Å²) in [5.74, 6) is 0.641. The summed E-state index contributed by atoms with van der Waals surface area (Å²) < 4.78 is 6.65. The third kappa shape index (κ3) is 4.26. The van der Waals surface area contributed by atoms with Crippen molar-refractivity contribution in [3.05, 3.63) is 28.2 Å². The van der Waals surface area contributed by atoms with Crippen molar-refractivity contribution in [1.82, 2.24) is 9.88 Å². The molecule has 0 spiro atoms. The fourth-order valence-electron chi connectivity index (χ4n) is 3.01. The average Bonchev–Trinajstić information content (AvgIpc) is 2.97. The number of rotatable bonds is 5. The maximum absolute atomic E-state index is 12.2.